The molecule has 1 aliphatic heterocycles. The smallest absolute Gasteiger partial charge is 0.234 e. The Hall–Kier alpha value is -1.35. The second-order valence-corrected chi connectivity index (χ2v) is 6.70. The van der Waals surface area contributed by atoms with E-state index in [1.807, 2.05) is 50.8 Å². The maximum Gasteiger partial charge on any atom is 0.234 e. The normalized spacial score (nSPS) is 19.5. The van der Waals surface area contributed by atoms with Crippen molar-refractivity contribution in [3.63, 3.8) is 0 Å². The van der Waals surface area contributed by atoms with Crippen LogP contribution < -0.4 is 10.6 Å². The van der Waals surface area contributed by atoms with Crippen molar-refractivity contribution in [3.8, 4) is 0 Å². The van der Waals surface area contributed by atoms with Crippen LogP contribution in [0, 0.1) is 5.41 Å². The lowest BCUT2D eigenvalue weighted by atomic mass is 9.74. The fourth-order valence-corrected chi connectivity index (χ4v) is 2.45. The summed E-state index contributed by atoms with van der Waals surface area (Å²) in [5.74, 6) is 0.109. The lowest BCUT2D eigenvalue weighted by molar-refractivity contribution is -0.129. The summed E-state index contributed by atoms with van der Waals surface area (Å²) < 4.78 is 0. The average molecular weight is 260 g/mol. The van der Waals surface area contributed by atoms with Gasteiger partial charge in [-0.3, -0.25) is 4.79 Å². The molecule has 0 radical (unpaired) electrons. The molecule has 3 heteroatoms. The largest absolute Gasteiger partial charge is 0.325 e. The topological polar surface area (TPSA) is 46.3 Å². The molecule has 0 spiro atoms. The molecule has 1 atom stereocenters. The molecule has 0 bridgehead atoms. The predicted molar refractivity (Wildman–Crippen MR) is 79.1 cm³/mol. The highest BCUT2D eigenvalue weighted by Crippen LogP contribution is 2.38. The van der Waals surface area contributed by atoms with Gasteiger partial charge in [-0.15, -0.1) is 0 Å². The summed E-state index contributed by atoms with van der Waals surface area (Å²) in [6.45, 7) is 9.79. The molecule has 0 saturated heterocycles. The summed E-state index contributed by atoms with van der Waals surface area (Å²) in [6.07, 6.45) is 0.920. The molecule has 2 rings (SSSR count). The molecule has 2 N–H and O–H groups in total. The van der Waals surface area contributed by atoms with E-state index in [-0.39, 0.29) is 11.9 Å². The number of hydrogen-bond donors (Lipinski definition) is 1. The van der Waals surface area contributed by atoms with Gasteiger partial charge in [-0.2, -0.15) is 0 Å². The van der Waals surface area contributed by atoms with Gasteiger partial charge in [0.05, 0.1) is 5.41 Å². The van der Waals surface area contributed by atoms with Crippen LogP contribution in [0.25, 0.3) is 0 Å². The molecular formula is C16H24N2O. The van der Waals surface area contributed by atoms with Crippen LogP contribution in [0.2, 0.25) is 0 Å². The number of para-hydroxylation sites is 1. The number of nitrogens with zero attached hydrogens (tertiary/aromatic N) is 1. The van der Waals surface area contributed by atoms with Gasteiger partial charge in [0, 0.05) is 17.3 Å². The van der Waals surface area contributed by atoms with Gasteiger partial charge in [0.15, 0.2) is 0 Å². The minimum absolute atomic E-state index is 0.109. The lowest BCUT2D eigenvalue weighted by Crippen LogP contribution is -2.57. The molecule has 1 aliphatic rings. The van der Waals surface area contributed by atoms with Crippen LogP contribution >= 0.6 is 0 Å². The van der Waals surface area contributed by atoms with Gasteiger partial charge in [0.1, 0.15) is 0 Å². The van der Waals surface area contributed by atoms with Gasteiger partial charge in [-0.25, -0.2) is 0 Å². The van der Waals surface area contributed by atoms with Crippen molar-refractivity contribution in [1.29, 1.82) is 0 Å². The highest BCUT2D eigenvalue weighted by atomic mass is 16.2. The molecular weight excluding hydrogens is 236 g/mol. The average Bonchev–Trinajstić information content (AvgIpc) is 2.62. The molecule has 19 heavy (non-hydrogen) atoms. The van der Waals surface area contributed by atoms with E-state index in [4.69, 9.17) is 5.73 Å². The van der Waals surface area contributed by atoms with E-state index in [1.165, 1.54) is 5.56 Å². The number of carbonyl (C=O) groups is 1. The molecule has 3 nitrogen and oxygen atoms in total. The Morgan fingerprint density at radius 1 is 1.26 bits per heavy atom. The van der Waals surface area contributed by atoms with Gasteiger partial charge in [-0.1, -0.05) is 18.2 Å². The van der Waals surface area contributed by atoms with E-state index < -0.39 is 11.0 Å². The summed E-state index contributed by atoms with van der Waals surface area (Å²) in [5.41, 5.74) is 7.33. The quantitative estimate of drug-likeness (QED) is 0.888. The molecule has 0 aliphatic carbocycles. The molecule has 1 aromatic rings. The lowest BCUT2D eigenvalue weighted by Gasteiger charge is -2.41. The first-order valence-corrected chi connectivity index (χ1v) is 6.86. The van der Waals surface area contributed by atoms with Crippen LogP contribution in [0.5, 0.6) is 0 Å². The van der Waals surface area contributed by atoms with Gasteiger partial charge in [-0.05, 0) is 52.7 Å². The highest BCUT2D eigenvalue weighted by Gasteiger charge is 2.45. The van der Waals surface area contributed by atoms with Gasteiger partial charge >= 0.3 is 0 Å². The van der Waals surface area contributed by atoms with E-state index in [0.717, 1.165) is 12.1 Å². The standard InChI is InChI=1S/C16H24N2O/c1-11-10-12-8-6-7-9-13(12)18(11)14(19)15(2,3)16(4,5)17/h6-9,11H,10,17H2,1-5H3. The van der Waals surface area contributed by atoms with E-state index in [0.29, 0.717) is 0 Å². The van der Waals surface area contributed by atoms with E-state index >= 15 is 0 Å². The van der Waals surface area contributed by atoms with Crippen molar-refractivity contribution in [1.82, 2.24) is 0 Å². The van der Waals surface area contributed by atoms with E-state index in [1.54, 1.807) is 0 Å². The molecule has 1 amide bonds. The number of benzene rings is 1. The first kappa shape index (κ1) is 14.1. The molecule has 0 aromatic heterocycles. The van der Waals surface area contributed by atoms with Crippen molar-refractivity contribution < 1.29 is 4.79 Å². The summed E-state index contributed by atoms with van der Waals surface area (Å²) in [5, 5.41) is 0. The SMILES string of the molecule is CC1Cc2ccccc2N1C(=O)C(C)(C)C(C)(C)N. The molecule has 104 valence electrons. The van der Waals surface area contributed by atoms with Gasteiger partial charge in [0.2, 0.25) is 5.91 Å². The Morgan fingerprint density at radius 2 is 1.84 bits per heavy atom. The fourth-order valence-electron chi connectivity index (χ4n) is 2.45. The zero-order chi connectivity index (χ0) is 14.4. The highest BCUT2D eigenvalue weighted by molar-refractivity contribution is 6.00. The Bertz CT molecular complexity index is 500. The zero-order valence-corrected chi connectivity index (χ0v) is 12.5. The number of anilines is 1. The third-order valence-electron chi connectivity index (χ3n) is 4.57. The van der Waals surface area contributed by atoms with Crippen molar-refractivity contribution in [2.45, 2.75) is 52.6 Å². The molecule has 0 saturated carbocycles. The number of amides is 1. The molecule has 1 aromatic carbocycles. The van der Waals surface area contributed by atoms with Crippen LogP contribution in [0.3, 0.4) is 0 Å². The van der Waals surface area contributed by atoms with Gasteiger partial charge in [0.25, 0.3) is 0 Å². The van der Waals surface area contributed by atoms with Crippen LogP contribution in [-0.2, 0) is 11.2 Å². The molecule has 0 fully saturated rings. The summed E-state index contributed by atoms with van der Waals surface area (Å²) in [6, 6.07) is 8.33. The summed E-state index contributed by atoms with van der Waals surface area (Å²) in [4.78, 5) is 14.9. The molecule has 1 heterocycles. The summed E-state index contributed by atoms with van der Waals surface area (Å²) >= 11 is 0. The first-order chi connectivity index (χ1) is 8.66. The zero-order valence-electron chi connectivity index (χ0n) is 12.5. The van der Waals surface area contributed by atoms with Crippen LogP contribution in [-0.4, -0.2) is 17.5 Å². The van der Waals surface area contributed by atoms with Crippen LogP contribution in [0.4, 0.5) is 5.69 Å². The number of rotatable bonds is 2. The van der Waals surface area contributed by atoms with E-state index in [2.05, 4.69) is 13.0 Å². The van der Waals surface area contributed by atoms with Gasteiger partial charge < -0.3 is 10.6 Å². The van der Waals surface area contributed by atoms with Crippen LogP contribution in [0.1, 0.15) is 40.2 Å². The number of carbonyl (C=O) groups excluding carboxylic acids is 1. The minimum Gasteiger partial charge on any atom is -0.325 e. The Morgan fingerprint density at radius 3 is 2.42 bits per heavy atom. The number of fused-ring (bicyclic) bond motifs is 1. The monoisotopic (exact) mass is 260 g/mol. The Labute approximate surface area is 115 Å². The maximum absolute atomic E-state index is 12.9. The minimum atomic E-state index is -0.599. The Kier molecular flexibility index (Phi) is 3.21. The van der Waals surface area contributed by atoms with Crippen molar-refractivity contribution in [3.05, 3.63) is 29.8 Å². The molecule has 1 unspecified atom stereocenters. The first-order valence-electron chi connectivity index (χ1n) is 6.86. The number of nitrogens with two attached hydrogens (primary N) is 1. The van der Waals surface area contributed by atoms with Crippen LogP contribution in [0.15, 0.2) is 24.3 Å². The second kappa shape index (κ2) is 4.34. The Balaban J connectivity index is 2.41. The van der Waals surface area contributed by atoms with Crippen molar-refractivity contribution in [2.75, 3.05) is 4.90 Å². The second-order valence-electron chi connectivity index (χ2n) is 6.70. The third-order valence-corrected chi connectivity index (χ3v) is 4.57. The van der Waals surface area contributed by atoms with Crippen molar-refractivity contribution in [2.24, 2.45) is 11.1 Å². The summed E-state index contributed by atoms with van der Waals surface area (Å²) in [7, 11) is 0. The number of hydrogen-bond acceptors (Lipinski definition) is 2. The maximum atomic E-state index is 12.9. The van der Waals surface area contributed by atoms with Crippen molar-refractivity contribution >= 4 is 11.6 Å². The van der Waals surface area contributed by atoms with E-state index in [9.17, 15) is 4.79 Å². The third kappa shape index (κ3) is 2.16. The fraction of sp³-hybridized carbons (Fsp3) is 0.562. The predicted octanol–water partition coefficient (Wildman–Crippen LogP) is 2.73.